The van der Waals surface area contributed by atoms with E-state index in [4.69, 9.17) is 0 Å². The molecule has 3 atom stereocenters. The van der Waals surface area contributed by atoms with Crippen molar-refractivity contribution in [2.24, 2.45) is 10.9 Å². The van der Waals surface area contributed by atoms with Crippen molar-refractivity contribution in [2.75, 3.05) is 11.9 Å². The molecule has 0 fully saturated rings. The fourth-order valence-electron chi connectivity index (χ4n) is 3.15. The Morgan fingerprint density at radius 2 is 1.94 bits per heavy atom. The fourth-order valence-corrected chi connectivity index (χ4v) is 3.79. The molecule has 176 valence electrons. The van der Waals surface area contributed by atoms with Crippen LogP contribution in [0.1, 0.15) is 30.8 Å². The maximum absolute atomic E-state index is 13.0. The molecule has 12 heteroatoms. The smallest absolute Gasteiger partial charge is 0.345 e. The highest BCUT2D eigenvalue weighted by Gasteiger charge is 2.38. The summed E-state index contributed by atoms with van der Waals surface area (Å²) in [6.07, 6.45) is -5.05. The standard InChI is InChI=1S/C21H22F3N5O3S/c1-11(21(22,23)24)10-15(30)26-12(2)18(31)28-17-20(32)29(3)14-7-5-4-6-13(14)16(27-17)19-25-8-9-33-19/h4-9,11-12,17H,10H2,1-3H3,(H,26,30)(H,28,31)/t11?,12-,17?/m0/s1. The van der Waals surface area contributed by atoms with Crippen LogP contribution in [0.2, 0.25) is 0 Å². The van der Waals surface area contributed by atoms with E-state index in [-0.39, 0.29) is 0 Å². The van der Waals surface area contributed by atoms with Crippen LogP contribution in [0, 0.1) is 5.92 Å². The van der Waals surface area contributed by atoms with Crippen molar-refractivity contribution in [3.8, 4) is 0 Å². The average Bonchev–Trinajstić information content (AvgIpc) is 3.26. The lowest BCUT2D eigenvalue weighted by Gasteiger charge is -2.22. The van der Waals surface area contributed by atoms with Gasteiger partial charge in [0.2, 0.25) is 18.0 Å². The first kappa shape index (κ1) is 24.4. The van der Waals surface area contributed by atoms with E-state index < -0.39 is 48.4 Å². The molecule has 1 aromatic carbocycles. The number of fused-ring (bicyclic) bond motifs is 1. The summed E-state index contributed by atoms with van der Waals surface area (Å²) in [4.78, 5) is 47.7. The lowest BCUT2D eigenvalue weighted by atomic mass is 10.1. The number of benzodiazepines with no additional fused rings is 1. The molecule has 1 aromatic heterocycles. The molecule has 2 aromatic rings. The highest BCUT2D eigenvalue weighted by Crippen LogP contribution is 2.29. The fraction of sp³-hybridized carbons (Fsp3) is 0.381. The van der Waals surface area contributed by atoms with E-state index >= 15 is 0 Å². The van der Waals surface area contributed by atoms with Gasteiger partial charge in [0.1, 0.15) is 16.8 Å². The molecule has 8 nitrogen and oxygen atoms in total. The second-order valence-corrected chi connectivity index (χ2v) is 8.47. The summed E-state index contributed by atoms with van der Waals surface area (Å²) >= 11 is 1.31. The van der Waals surface area contributed by atoms with Gasteiger partial charge in [0.15, 0.2) is 0 Å². The van der Waals surface area contributed by atoms with Gasteiger partial charge < -0.3 is 15.5 Å². The molecule has 0 bridgehead atoms. The topological polar surface area (TPSA) is 104 Å². The number of carbonyl (C=O) groups excluding carboxylic acids is 3. The van der Waals surface area contributed by atoms with Crippen LogP contribution in [0.3, 0.4) is 0 Å². The number of nitrogens with zero attached hydrogens (tertiary/aromatic N) is 3. The number of amides is 3. The Bertz CT molecular complexity index is 1070. The Kier molecular flexibility index (Phi) is 7.15. The maximum Gasteiger partial charge on any atom is 0.392 e. The predicted molar refractivity (Wildman–Crippen MR) is 117 cm³/mol. The van der Waals surface area contributed by atoms with E-state index in [1.54, 1.807) is 42.9 Å². The molecule has 0 saturated carbocycles. The lowest BCUT2D eigenvalue weighted by Crippen LogP contribution is -2.52. The second kappa shape index (κ2) is 9.69. The number of aliphatic imine (C=N–C) groups is 1. The van der Waals surface area contributed by atoms with Gasteiger partial charge in [-0.3, -0.25) is 14.4 Å². The van der Waals surface area contributed by atoms with Crippen molar-refractivity contribution in [1.82, 2.24) is 15.6 Å². The van der Waals surface area contributed by atoms with Crippen molar-refractivity contribution in [3.63, 3.8) is 0 Å². The summed E-state index contributed by atoms with van der Waals surface area (Å²) in [5.74, 6) is -4.06. The molecule has 33 heavy (non-hydrogen) atoms. The first-order valence-electron chi connectivity index (χ1n) is 10.00. The van der Waals surface area contributed by atoms with Gasteiger partial charge in [-0.25, -0.2) is 9.98 Å². The zero-order valence-corrected chi connectivity index (χ0v) is 18.8. The van der Waals surface area contributed by atoms with E-state index in [1.807, 2.05) is 0 Å². The van der Waals surface area contributed by atoms with Gasteiger partial charge in [0.05, 0.1) is 11.6 Å². The van der Waals surface area contributed by atoms with Gasteiger partial charge in [0, 0.05) is 30.6 Å². The van der Waals surface area contributed by atoms with Crippen LogP contribution in [0.25, 0.3) is 0 Å². The summed E-state index contributed by atoms with van der Waals surface area (Å²) < 4.78 is 38.0. The minimum absolute atomic E-state index is 0.416. The number of benzene rings is 1. The number of thiazole rings is 1. The second-order valence-electron chi connectivity index (χ2n) is 7.58. The molecular weight excluding hydrogens is 459 g/mol. The van der Waals surface area contributed by atoms with Gasteiger partial charge in [-0.05, 0) is 13.0 Å². The normalized spacial score (nSPS) is 18.0. The predicted octanol–water partition coefficient (Wildman–Crippen LogP) is 2.49. The molecule has 2 heterocycles. The third-order valence-electron chi connectivity index (χ3n) is 5.08. The highest BCUT2D eigenvalue weighted by atomic mass is 32.1. The van der Waals surface area contributed by atoms with Crippen molar-refractivity contribution in [3.05, 3.63) is 46.4 Å². The van der Waals surface area contributed by atoms with E-state index in [0.717, 1.165) is 6.92 Å². The number of hydrogen-bond donors (Lipinski definition) is 2. The van der Waals surface area contributed by atoms with Crippen LogP contribution in [-0.2, 0) is 14.4 Å². The van der Waals surface area contributed by atoms with Crippen LogP contribution >= 0.6 is 11.3 Å². The quantitative estimate of drug-likeness (QED) is 0.662. The zero-order valence-electron chi connectivity index (χ0n) is 18.0. The van der Waals surface area contributed by atoms with Crippen LogP contribution < -0.4 is 15.5 Å². The Morgan fingerprint density at radius 3 is 2.58 bits per heavy atom. The molecule has 0 radical (unpaired) electrons. The van der Waals surface area contributed by atoms with Crippen molar-refractivity contribution in [2.45, 2.75) is 38.7 Å². The monoisotopic (exact) mass is 481 g/mol. The van der Waals surface area contributed by atoms with Crippen LogP contribution in [0.4, 0.5) is 18.9 Å². The number of halogens is 3. The van der Waals surface area contributed by atoms with Crippen LogP contribution in [0.15, 0.2) is 40.8 Å². The summed E-state index contributed by atoms with van der Waals surface area (Å²) in [5, 5.41) is 7.01. The average molecular weight is 482 g/mol. The number of nitrogens with one attached hydrogen (secondary N) is 2. The number of likely N-dealkylation sites (N-methyl/N-ethyl adjacent to an activating group) is 1. The first-order chi connectivity index (χ1) is 15.5. The Balaban J connectivity index is 1.79. The Hall–Kier alpha value is -3.28. The van der Waals surface area contributed by atoms with Crippen LogP contribution in [0.5, 0.6) is 0 Å². The first-order valence-corrected chi connectivity index (χ1v) is 10.9. The molecule has 0 saturated heterocycles. The third kappa shape index (κ3) is 5.56. The molecule has 3 amide bonds. The van der Waals surface area contributed by atoms with Crippen molar-refractivity contribution < 1.29 is 27.6 Å². The SMILES string of the molecule is CC(CC(=O)N[C@@H](C)C(=O)NC1N=C(c2nccs2)c2ccccc2N(C)C1=O)C(F)(F)F. The molecule has 3 rings (SSSR count). The number of aromatic nitrogens is 1. The van der Waals surface area contributed by atoms with Gasteiger partial charge in [-0.2, -0.15) is 13.2 Å². The Morgan fingerprint density at radius 1 is 1.24 bits per heavy atom. The van der Waals surface area contributed by atoms with E-state index in [2.05, 4.69) is 20.6 Å². The molecular formula is C21H22F3N5O3S. The molecule has 2 unspecified atom stereocenters. The van der Waals surface area contributed by atoms with Gasteiger partial charge >= 0.3 is 6.18 Å². The minimum Gasteiger partial charge on any atom is -0.345 e. The van der Waals surface area contributed by atoms with E-state index in [1.165, 1.54) is 23.2 Å². The van der Waals surface area contributed by atoms with E-state index in [0.29, 0.717) is 22.0 Å². The Labute approximate surface area is 191 Å². The summed E-state index contributed by atoms with van der Waals surface area (Å²) in [7, 11) is 1.55. The van der Waals surface area contributed by atoms with Crippen molar-refractivity contribution >= 4 is 40.5 Å². The zero-order chi connectivity index (χ0) is 24.3. The molecule has 2 N–H and O–H groups in total. The number of para-hydroxylation sites is 1. The maximum atomic E-state index is 13.0. The third-order valence-corrected chi connectivity index (χ3v) is 5.86. The number of rotatable bonds is 6. The molecule has 1 aliphatic rings. The number of hydrogen-bond acceptors (Lipinski definition) is 6. The van der Waals surface area contributed by atoms with Gasteiger partial charge in [-0.15, -0.1) is 11.3 Å². The largest absolute Gasteiger partial charge is 0.392 e. The highest BCUT2D eigenvalue weighted by molar-refractivity contribution is 7.12. The summed E-state index contributed by atoms with van der Waals surface area (Å²) in [6, 6.07) is 5.90. The van der Waals surface area contributed by atoms with Gasteiger partial charge in [-0.1, -0.05) is 25.1 Å². The number of anilines is 1. The lowest BCUT2D eigenvalue weighted by molar-refractivity contribution is -0.174. The number of carbonyl (C=O) groups is 3. The number of alkyl halides is 3. The minimum atomic E-state index is -4.52. The molecule has 0 aliphatic carbocycles. The van der Waals surface area contributed by atoms with Gasteiger partial charge in [0.25, 0.3) is 5.91 Å². The molecule has 0 spiro atoms. The van der Waals surface area contributed by atoms with Crippen molar-refractivity contribution in [1.29, 1.82) is 0 Å². The van der Waals surface area contributed by atoms with Crippen LogP contribution in [-0.4, -0.2) is 53.8 Å². The summed E-state index contributed by atoms with van der Waals surface area (Å²) in [5.41, 5.74) is 1.65. The van der Waals surface area contributed by atoms with E-state index in [9.17, 15) is 27.6 Å². The summed E-state index contributed by atoms with van der Waals surface area (Å²) in [6.45, 7) is 2.20. The molecule has 1 aliphatic heterocycles.